The van der Waals surface area contributed by atoms with Crippen molar-refractivity contribution >= 4 is 22.7 Å². The zero-order valence-corrected chi connectivity index (χ0v) is 17.8. The quantitative estimate of drug-likeness (QED) is 0.280. The standard InChI is InChI=1S/C25H23N3OS/c1-18-8-10-21(11-9-18)17-29-23-14-12-20(13-15-23)16-26-28-25-27-24(19(2)30-25)22-6-4-3-5-7-22/h3-16H,17H2,1-2H3,(H,27,28)/b26-16+. The third-order valence-electron chi connectivity index (χ3n) is 4.62. The first kappa shape index (κ1) is 19.9. The van der Waals surface area contributed by atoms with Crippen molar-refractivity contribution in [3.8, 4) is 17.0 Å². The first-order valence-corrected chi connectivity index (χ1v) is 10.6. The Kier molecular flexibility index (Phi) is 6.20. The van der Waals surface area contributed by atoms with Gasteiger partial charge in [0.2, 0.25) is 5.13 Å². The van der Waals surface area contributed by atoms with E-state index in [1.807, 2.05) is 42.5 Å². The Morgan fingerprint density at radius 2 is 1.67 bits per heavy atom. The van der Waals surface area contributed by atoms with Crippen molar-refractivity contribution < 1.29 is 4.74 Å². The molecule has 5 heteroatoms. The highest BCUT2D eigenvalue weighted by atomic mass is 32.1. The minimum Gasteiger partial charge on any atom is -0.489 e. The van der Waals surface area contributed by atoms with E-state index in [1.165, 1.54) is 5.56 Å². The van der Waals surface area contributed by atoms with E-state index >= 15 is 0 Å². The lowest BCUT2D eigenvalue weighted by Gasteiger charge is -2.06. The molecule has 0 aliphatic carbocycles. The Morgan fingerprint density at radius 3 is 2.40 bits per heavy atom. The zero-order valence-electron chi connectivity index (χ0n) is 17.0. The minimum absolute atomic E-state index is 0.558. The first-order chi connectivity index (χ1) is 14.7. The van der Waals surface area contributed by atoms with E-state index in [0.717, 1.165) is 38.1 Å². The normalized spacial score (nSPS) is 11.0. The van der Waals surface area contributed by atoms with Crippen LogP contribution < -0.4 is 10.2 Å². The van der Waals surface area contributed by atoms with Gasteiger partial charge < -0.3 is 4.74 Å². The number of rotatable bonds is 7. The van der Waals surface area contributed by atoms with Crippen LogP contribution in [-0.2, 0) is 6.61 Å². The molecule has 0 atom stereocenters. The number of ether oxygens (including phenoxy) is 1. The van der Waals surface area contributed by atoms with Gasteiger partial charge in [-0.2, -0.15) is 5.10 Å². The van der Waals surface area contributed by atoms with Crippen LogP contribution in [0.5, 0.6) is 5.75 Å². The lowest BCUT2D eigenvalue weighted by Crippen LogP contribution is -1.95. The number of hydrogen-bond donors (Lipinski definition) is 1. The molecule has 0 fully saturated rings. The van der Waals surface area contributed by atoms with Crippen molar-refractivity contribution in [1.29, 1.82) is 0 Å². The van der Waals surface area contributed by atoms with Gasteiger partial charge in [0, 0.05) is 10.4 Å². The molecule has 1 N–H and O–H groups in total. The molecule has 1 heterocycles. The van der Waals surface area contributed by atoms with E-state index in [1.54, 1.807) is 17.6 Å². The van der Waals surface area contributed by atoms with Crippen molar-refractivity contribution in [1.82, 2.24) is 4.98 Å². The van der Waals surface area contributed by atoms with Gasteiger partial charge in [0.15, 0.2) is 0 Å². The van der Waals surface area contributed by atoms with Crippen molar-refractivity contribution in [3.05, 3.63) is 100 Å². The van der Waals surface area contributed by atoms with E-state index < -0.39 is 0 Å². The zero-order chi connectivity index (χ0) is 20.8. The summed E-state index contributed by atoms with van der Waals surface area (Å²) in [7, 11) is 0. The maximum absolute atomic E-state index is 5.85. The highest BCUT2D eigenvalue weighted by Crippen LogP contribution is 2.30. The van der Waals surface area contributed by atoms with Gasteiger partial charge in [-0.25, -0.2) is 4.98 Å². The minimum atomic E-state index is 0.558. The number of aryl methyl sites for hydroxylation is 2. The second-order valence-corrected chi connectivity index (χ2v) is 8.21. The average molecular weight is 414 g/mol. The lowest BCUT2D eigenvalue weighted by atomic mass is 10.1. The molecule has 0 bridgehead atoms. The van der Waals surface area contributed by atoms with E-state index in [9.17, 15) is 0 Å². The number of aromatic nitrogens is 1. The van der Waals surface area contributed by atoms with Gasteiger partial charge in [0.1, 0.15) is 12.4 Å². The van der Waals surface area contributed by atoms with Gasteiger partial charge in [0.25, 0.3) is 0 Å². The Hall–Kier alpha value is -3.44. The second-order valence-electron chi connectivity index (χ2n) is 7.00. The summed E-state index contributed by atoms with van der Waals surface area (Å²) in [6.07, 6.45) is 1.78. The SMILES string of the molecule is Cc1ccc(COc2ccc(/C=N/Nc3nc(-c4ccccc4)c(C)s3)cc2)cc1. The molecule has 30 heavy (non-hydrogen) atoms. The van der Waals surface area contributed by atoms with Gasteiger partial charge >= 0.3 is 0 Å². The van der Waals surface area contributed by atoms with Crippen LogP contribution in [0.2, 0.25) is 0 Å². The number of thiazole rings is 1. The average Bonchev–Trinajstić information content (AvgIpc) is 3.15. The van der Waals surface area contributed by atoms with Crippen molar-refractivity contribution in [2.45, 2.75) is 20.5 Å². The highest BCUT2D eigenvalue weighted by Gasteiger charge is 2.08. The molecule has 0 saturated carbocycles. The summed E-state index contributed by atoms with van der Waals surface area (Å²) in [5, 5.41) is 5.10. The van der Waals surface area contributed by atoms with Gasteiger partial charge in [-0.15, -0.1) is 11.3 Å². The van der Waals surface area contributed by atoms with E-state index in [-0.39, 0.29) is 0 Å². The van der Waals surface area contributed by atoms with E-state index in [0.29, 0.717) is 6.61 Å². The number of nitrogens with zero attached hydrogens (tertiary/aromatic N) is 2. The second kappa shape index (κ2) is 9.37. The van der Waals surface area contributed by atoms with Crippen molar-refractivity contribution in [2.75, 3.05) is 5.43 Å². The van der Waals surface area contributed by atoms with Crippen LogP contribution in [-0.4, -0.2) is 11.2 Å². The number of hydrazone groups is 1. The summed E-state index contributed by atoms with van der Waals surface area (Å²) in [4.78, 5) is 5.82. The predicted octanol–water partition coefficient (Wildman–Crippen LogP) is 6.45. The van der Waals surface area contributed by atoms with Crippen molar-refractivity contribution in [3.63, 3.8) is 0 Å². The molecule has 1 aromatic heterocycles. The molecule has 0 aliphatic heterocycles. The molecule has 0 saturated heterocycles. The topological polar surface area (TPSA) is 46.5 Å². The molecule has 0 aliphatic rings. The van der Waals surface area contributed by atoms with Crippen LogP contribution in [0.1, 0.15) is 21.6 Å². The summed E-state index contributed by atoms with van der Waals surface area (Å²) in [6.45, 7) is 4.71. The number of nitrogens with one attached hydrogen (secondary N) is 1. The molecule has 4 rings (SSSR count). The number of benzene rings is 3. The highest BCUT2D eigenvalue weighted by molar-refractivity contribution is 7.15. The molecular weight excluding hydrogens is 390 g/mol. The van der Waals surface area contributed by atoms with Crippen LogP contribution in [0.3, 0.4) is 0 Å². The Labute approximate surface area is 180 Å². The monoisotopic (exact) mass is 413 g/mol. The lowest BCUT2D eigenvalue weighted by molar-refractivity contribution is 0.306. The van der Waals surface area contributed by atoms with E-state index in [2.05, 4.69) is 65.8 Å². The Morgan fingerprint density at radius 1 is 0.933 bits per heavy atom. The molecule has 4 aromatic rings. The summed E-state index contributed by atoms with van der Waals surface area (Å²) < 4.78 is 5.85. The largest absolute Gasteiger partial charge is 0.489 e. The van der Waals surface area contributed by atoms with Crippen LogP contribution in [0.25, 0.3) is 11.3 Å². The fourth-order valence-corrected chi connectivity index (χ4v) is 3.76. The molecule has 0 amide bonds. The third-order valence-corrected chi connectivity index (χ3v) is 5.50. The smallest absolute Gasteiger partial charge is 0.204 e. The van der Waals surface area contributed by atoms with E-state index in [4.69, 9.17) is 4.74 Å². The third kappa shape index (κ3) is 5.13. The van der Waals surface area contributed by atoms with Crippen LogP contribution in [0.15, 0.2) is 84.0 Å². The Balaban J connectivity index is 1.33. The van der Waals surface area contributed by atoms with Crippen LogP contribution in [0, 0.1) is 13.8 Å². The molecular formula is C25H23N3OS. The fourth-order valence-electron chi connectivity index (χ4n) is 2.97. The van der Waals surface area contributed by atoms with Gasteiger partial charge in [-0.1, -0.05) is 60.2 Å². The molecule has 0 spiro atoms. The molecule has 0 unspecified atom stereocenters. The molecule has 4 nitrogen and oxygen atoms in total. The summed E-state index contributed by atoms with van der Waals surface area (Å²) >= 11 is 1.60. The van der Waals surface area contributed by atoms with Crippen LogP contribution in [0.4, 0.5) is 5.13 Å². The first-order valence-electron chi connectivity index (χ1n) is 9.78. The summed E-state index contributed by atoms with van der Waals surface area (Å²) in [5.74, 6) is 0.837. The maximum atomic E-state index is 5.85. The molecule has 3 aromatic carbocycles. The summed E-state index contributed by atoms with van der Waals surface area (Å²) in [6, 6.07) is 26.4. The number of anilines is 1. The van der Waals surface area contributed by atoms with Crippen LogP contribution >= 0.6 is 11.3 Å². The summed E-state index contributed by atoms with van der Waals surface area (Å²) in [5.41, 5.74) is 8.54. The Bertz CT molecular complexity index is 1120. The number of hydrogen-bond acceptors (Lipinski definition) is 5. The predicted molar refractivity (Wildman–Crippen MR) is 125 cm³/mol. The van der Waals surface area contributed by atoms with Crippen molar-refractivity contribution in [2.24, 2.45) is 5.10 Å². The van der Waals surface area contributed by atoms with Gasteiger partial charge in [-0.3, -0.25) is 5.43 Å². The molecule has 150 valence electrons. The van der Waals surface area contributed by atoms with Gasteiger partial charge in [-0.05, 0) is 49.2 Å². The maximum Gasteiger partial charge on any atom is 0.204 e. The molecule has 0 radical (unpaired) electrons. The fraction of sp³-hybridized carbons (Fsp3) is 0.120. The van der Waals surface area contributed by atoms with Gasteiger partial charge in [0.05, 0.1) is 11.9 Å².